The van der Waals surface area contributed by atoms with Crippen molar-refractivity contribution in [2.24, 2.45) is 0 Å². The third kappa shape index (κ3) is 4.95. The van der Waals surface area contributed by atoms with Gasteiger partial charge in [-0.3, -0.25) is 9.59 Å². The fourth-order valence-corrected chi connectivity index (χ4v) is 4.97. The second-order valence-electron chi connectivity index (χ2n) is 5.64. The lowest BCUT2D eigenvalue weighted by Gasteiger charge is -2.08. The molecule has 0 radical (unpaired) electrons. The Balaban J connectivity index is 1.90. The molecule has 0 spiro atoms. The number of nitrogens with zero attached hydrogens (tertiary/aromatic N) is 1. The average Bonchev–Trinajstić information content (AvgIpc) is 3.15. The van der Waals surface area contributed by atoms with E-state index in [1.54, 1.807) is 7.05 Å². The molecule has 0 fully saturated rings. The van der Waals surface area contributed by atoms with E-state index in [2.05, 4.69) is 15.6 Å². The lowest BCUT2D eigenvalue weighted by atomic mass is 10.1. The topological polar surface area (TPSA) is 71.1 Å². The Labute approximate surface area is 176 Å². The number of hydrogen-bond acceptors (Lipinski definition) is 6. The Morgan fingerprint density at radius 1 is 1.07 bits per heavy atom. The molecule has 0 aliphatic rings. The number of amides is 2. The SMILES string of the molecule is CNC(=O)CSc1nc(-c2ccccc2)c(NC(=O)c2ccccc2SC)s1. The van der Waals surface area contributed by atoms with E-state index in [1.807, 2.05) is 60.9 Å². The minimum absolute atomic E-state index is 0.0686. The maximum Gasteiger partial charge on any atom is 0.257 e. The lowest BCUT2D eigenvalue weighted by molar-refractivity contribution is -0.118. The molecule has 144 valence electrons. The van der Waals surface area contributed by atoms with Gasteiger partial charge in [0.1, 0.15) is 10.7 Å². The normalized spacial score (nSPS) is 10.5. The predicted octanol–water partition coefficient (Wildman–Crippen LogP) is 4.62. The van der Waals surface area contributed by atoms with E-state index < -0.39 is 0 Å². The van der Waals surface area contributed by atoms with Crippen molar-refractivity contribution in [3.8, 4) is 11.3 Å². The van der Waals surface area contributed by atoms with Gasteiger partial charge in [-0.25, -0.2) is 4.98 Å². The summed E-state index contributed by atoms with van der Waals surface area (Å²) in [4.78, 5) is 30.0. The predicted molar refractivity (Wildman–Crippen MR) is 119 cm³/mol. The zero-order chi connectivity index (χ0) is 19.9. The Hall–Kier alpha value is -2.29. The van der Waals surface area contributed by atoms with Crippen LogP contribution in [0.1, 0.15) is 10.4 Å². The van der Waals surface area contributed by atoms with Gasteiger partial charge in [0.2, 0.25) is 5.91 Å². The van der Waals surface area contributed by atoms with Crippen LogP contribution < -0.4 is 10.6 Å². The van der Waals surface area contributed by atoms with Gasteiger partial charge in [0.05, 0.1) is 11.3 Å². The van der Waals surface area contributed by atoms with Gasteiger partial charge in [0.15, 0.2) is 4.34 Å². The third-order valence-corrected chi connectivity index (χ3v) is 6.75. The van der Waals surface area contributed by atoms with Crippen LogP contribution in [0.3, 0.4) is 0 Å². The molecule has 1 heterocycles. The molecule has 0 aliphatic heterocycles. The van der Waals surface area contributed by atoms with Crippen molar-refractivity contribution in [2.45, 2.75) is 9.24 Å². The Morgan fingerprint density at radius 3 is 2.50 bits per heavy atom. The summed E-state index contributed by atoms with van der Waals surface area (Å²) in [7, 11) is 1.61. The standard InChI is InChI=1S/C20H19N3O2S3/c1-21-16(24)12-27-20-22-17(13-8-4-3-5-9-13)19(28-20)23-18(25)14-10-6-7-11-15(14)26-2/h3-11H,12H2,1-2H3,(H,21,24)(H,23,25). The van der Waals surface area contributed by atoms with E-state index >= 15 is 0 Å². The van der Waals surface area contributed by atoms with Crippen LogP contribution in [0.5, 0.6) is 0 Å². The van der Waals surface area contributed by atoms with Crippen molar-refractivity contribution >= 4 is 51.7 Å². The number of carbonyl (C=O) groups excluding carboxylic acids is 2. The highest BCUT2D eigenvalue weighted by atomic mass is 32.2. The summed E-state index contributed by atoms with van der Waals surface area (Å²) in [5.41, 5.74) is 2.25. The maximum absolute atomic E-state index is 12.9. The molecule has 0 unspecified atom stereocenters. The Kier molecular flexibility index (Phi) is 7.13. The Bertz CT molecular complexity index is 974. The van der Waals surface area contributed by atoms with Crippen LogP contribution in [0, 0.1) is 0 Å². The van der Waals surface area contributed by atoms with Crippen LogP contribution in [0.25, 0.3) is 11.3 Å². The molecule has 8 heteroatoms. The second-order valence-corrected chi connectivity index (χ2v) is 8.71. The Morgan fingerprint density at radius 2 is 1.79 bits per heavy atom. The molecular formula is C20H19N3O2S3. The van der Waals surface area contributed by atoms with Crippen molar-refractivity contribution in [3.63, 3.8) is 0 Å². The highest BCUT2D eigenvalue weighted by Crippen LogP contribution is 2.38. The van der Waals surface area contributed by atoms with Crippen molar-refractivity contribution in [1.82, 2.24) is 10.3 Å². The summed E-state index contributed by atoms with van der Waals surface area (Å²) in [6.45, 7) is 0. The zero-order valence-electron chi connectivity index (χ0n) is 15.4. The fourth-order valence-electron chi connectivity index (χ4n) is 2.44. The molecule has 0 bridgehead atoms. The summed E-state index contributed by atoms with van der Waals surface area (Å²) in [6, 6.07) is 17.2. The quantitative estimate of drug-likeness (QED) is 0.536. The fraction of sp³-hybridized carbons (Fsp3) is 0.150. The largest absolute Gasteiger partial charge is 0.358 e. The first-order valence-corrected chi connectivity index (χ1v) is 11.5. The molecule has 0 saturated carbocycles. The van der Waals surface area contributed by atoms with E-state index in [1.165, 1.54) is 34.9 Å². The lowest BCUT2D eigenvalue weighted by Crippen LogP contribution is -2.19. The van der Waals surface area contributed by atoms with Gasteiger partial charge in [0.25, 0.3) is 5.91 Å². The molecule has 0 atom stereocenters. The average molecular weight is 430 g/mol. The van der Waals surface area contributed by atoms with Crippen LogP contribution in [0.15, 0.2) is 63.8 Å². The third-order valence-electron chi connectivity index (χ3n) is 3.84. The highest BCUT2D eigenvalue weighted by molar-refractivity contribution is 8.01. The van der Waals surface area contributed by atoms with Crippen molar-refractivity contribution in [2.75, 3.05) is 24.4 Å². The molecule has 3 rings (SSSR count). The van der Waals surface area contributed by atoms with Crippen molar-refractivity contribution in [3.05, 3.63) is 60.2 Å². The molecule has 2 aromatic carbocycles. The highest BCUT2D eigenvalue weighted by Gasteiger charge is 2.18. The monoisotopic (exact) mass is 429 g/mol. The van der Waals surface area contributed by atoms with Gasteiger partial charge in [-0.1, -0.05) is 65.6 Å². The molecule has 3 aromatic rings. The number of thioether (sulfide) groups is 2. The first-order chi connectivity index (χ1) is 13.6. The minimum Gasteiger partial charge on any atom is -0.358 e. The van der Waals surface area contributed by atoms with Gasteiger partial charge < -0.3 is 10.6 Å². The van der Waals surface area contributed by atoms with E-state index in [0.29, 0.717) is 16.3 Å². The molecule has 0 saturated heterocycles. The van der Waals surface area contributed by atoms with Gasteiger partial charge >= 0.3 is 0 Å². The van der Waals surface area contributed by atoms with Gasteiger partial charge in [-0.2, -0.15) is 0 Å². The van der Waals surface area contributed by atoms with Crippen LogP contribution in [-0.4, -0.2) is 35.9 Å². The van der Waals surface area contributed by atoms with E-state index in [-0.39, 0.29) is 17.6 Å². The molecule has 0 aliphatic carbocycles. The first-order valence-electron chi connectivity index (χ1n) is 8.46. The number of rotatable bonds is 7. The molecule has 5 nitrogen and oxygen atoms in total. The van der Waals surface area contributed by atoms with Crippen LogP contribution >= 0.6 is 34.9 Å². The van der Waals surface area contributed by atoms with Crippen LogP contribution in [0.4, 0.5) is 5.00 Å². The number of hydrogen-bond donors (Lipinski definition) is 2. The van der Waals surface area contributed by atoms with Gasteiger partial charge in [-0.05, 0) is 18.4 Å². The summed E-state index contributed by atoms with van der Waals surface area (Å²) in [5.74, 6) is 0.0376. The molecule has 2 N–H and O–H groups in total. The van der Waals surface area contributed by atoms with Gasteiger partial charge in [0, 0.05) is 17.5 Å². The number of aromatic nitrogens is 1. The number of carbonyl (C=O) groups is 2. The van der Waals surface area contributed by atoms with Crippen LogP contribution in [0.2, 0.25) is 0 Å². The smallest absolute Gasteiger partial charge is 0.257 e. The minimum atomic E-state index is -0.173. The zero-order valence-corrected chi connectivity index (χ0v) is 17.8. The van der Waals surface area contributed by atoms with Crippen molar-refractivity contribution in [1.29, 1.82) is 0 Å². The van der Waals surface area contributed by atoms with E-state index in [0.717, 1.165) is 14.8 Å². The number of thiazole rings is 1. The first kappa shape index (κ1) is 20.4. The van der Waals surface area contributed by atoms with E-state index in [9.17, 15) is 9.59 Å². The summed E-state index contributed by atoms with van der Waals surface area (Å²) < 4.78 is 0.732. The number of benzene rings is 2. The molecule has 2 amide bonds. The van der Waals surface area contributed by atoms with Gasteiger partial charge in [-0.15, -0.1) is 11.8 Å². The molecular weight excluding hydrogens is 410 g/mol. The van der Waals surface area contributed by atoms with Crippen molar-refractivity contribution < 1.29 is 9.59 Å². The van der Waals surface area contributed by atoms with E-state index in [4.69, 9.17) is 0 Å². The second kappa shape index (κ2) is 9.77. The summed E-state index contributed by atoms with van der Waals surface area (Å²) in [5, 5.41) is 6.28. The number of nitrogens with one attached hydrogen (secondary N) is 2. The molecule has 1 aromatic heterocycles. The van der Waals surface area contributed by atoms with Crippen LogP contribution in [-0.2, 0) is 4.79 Å². The summed E-state index contributed by atoms with van der Waals surface area (Å²) >= 11 is 4.26. The molecule has 28 heavy (non-hydrogen) atoms. The summed E-state index contributed by atoms with van der Waals surface area (Å²) in [6.07, 6.45) is 1.95. The maximum atomic E-state index is 12.9. The number of anilines is 1.